The number of carboxylic acids is 1. The number of hydrogen-bond donors (Lipinski definition) is 2. The van der Waals surface area contributed by atoms with Crippen molar-refractivity contribution < 1.29 is 9.90 Å². The maximum absolute atomic E-state index is 11.2. The number of hydrogen-bond acceptors (Lipinski definition) is 4. The Bertz CT molecular complexity index is 285. The van der Waals surface area contributed by atoms with E-state index in [1.165, 1.54) is 12.8 Å². The molecule has 17 heavy (non-hydrogen) atoms. The van der Waals surface area contributed by atoms with E-state index in [1.807, 2.05) is 0 Å². The van der Waals surface area contributed by atoms with Gasteiger partial charge in [-0.1, -0.05) is 0 Å². The van der Waals surface area contributed by atoms with Gasteiger partial charge < -0.3 is 10.4 Å². The second-order valence-electron chi connectivity index (χ2n) is 5.43. The third-order valence-corrected chi connectivity index (χ3v) is 4.03. The van der Waals surface area contributed by atoms with Crippen LogP contribution in [-0.4, -0.2) is 72.2 Å². The van der Waals surface area contributed by atoms with Crippen molar-refractivity contribution >= 4 is 5.97 Å². The molecule has 2 N–H and O–H groups in total. The number of carboxylic acid groups (broad SMARTS) is 1. The molecular formula is C12H23N3O2. The lowest BCUT2D eigenvalue weighted by Crippen LogP contribution is -2.58. The van der Waals surface area contributed by atoms with Gasteiger partial charge in [0.05, 0.1) is 0 Å². The van der Waals surface area contributed by atoms with E-state index >= 15 is 0 Å². The van der Waals surface area contributed by atoms with E-state index in [1.54, 1.807) is 14.0 Å². The van der Waals surface area contributed by atoms with E-state index in [4.69, 9.17) is 0 Å². The molecule has 0 spiro atoms. The monoisotopic (exact) mass is 241 g/mol. The molecule has 2 rings (SSSR count). The molecule has 1 saturated carbocycles. The fourth-order valence-electron chi connectivity index (χ4n) is 2.43. The van der Waals surface area contributed by atoms with Gasteiger partial charge in [-0.25, -0.2) is 0 Å². The highest BCUT2D eigenvalue weighted by atomic mass is 16.4. The second kappa shape index (κ2) is 4.92. The van der Waals surface area contributed by atoms with Gasteiger partial charge in [0.15, 0.2) is 0 Å². The molecule has 1 aliphatic carbocycles. The smallest absolute Gasteiger partial charge is 0.324 e. The topological polar surface area (TPSA) is 55.8 Å². The van der Waals surface area contributed by atoms with Crippen LogP contribution in [0.4, 0.5) is 0 Å². The third kappa shape index (κ3) is 2.97. The molecule has 98 valence electrons. The first-order valence-electron chi connectivity index (χ1n) is 6.44. The van der Waals surface area contributed by atoms with Gasteiger partial charge >= 0.3 is 5.97 Å². The summed E-state index contributed by atoms with van der Waals surface area (Å²) in [5, 5.41) is 12.1. The van der Waals surface area contributed by atoms with Gasteiger partial charge in [-0.3, -0.25) is 14.6 Å². The molecule has 0 bridgehead atoms. The predicted octanol–water partition coefficient (Wildman–Crippen LogP) is -0.171. The van der Waals surface area contributed by atoms with Crippen LogP contribution in [0.5, 0.6) is 0 Å². The first-order valence-corrected chi connectivity index (χ1v) is 6.44. The molecule has 0 aromatic carbocycles. The van der Waals surface area contributed by atoms with Crippen molar-refractivity contribution in [2.24, 2.45) is 0 Å². The number of nitrogens with zero attached hydrogens (tertiary/aromatic N) is 2. The van der Waals surface area contributed by atoms with E-state index < -0.39 is 11.5 Å². The van der Waals surface area contributed by atoms with Crippen LogP contribution in [0, 0.1) is 0 Å². The summed E-state index contributed by atoms with van der Waals surface area (Å²) in [6.07, 6.45) is 2.70. The number of rotatable bonds is 5. The van der Waals surface area contributed by atoms with Crippen molar-refractivity contribution in [3.05, 3.63) is 0 Å². The fourth-order valence-corrected chi connectivity index (χ4v) is 2.43. The molecule has 5 heteroatoms. The van der Waals surface area contributed by atoms with Crippen LogP contribution in [-0.2, 0) is 4.79 Å². The van der Waals surface area contributed by atoms with Crippen LogP contribution in [0.25, 0.3) is 0 Å². The Morgan fingerprint density at radius 3 is 2.35 bits per heavy atom. The minimum absolute atomic E-state index is 0.581. The molecule has 1 unspecified atom stereocenters. The van der Waals surface area contributed by atoms with Crippen LogP contribution >= 0.6 is 0 Å². The average Bonchev–Trinajstić information content (AvgIpc) is 3.13. The van der Waals surface area contributed by atoms with Crippen LogP contribution in [0.15, 0.2) is 0 Å². The molecule has 2 aliphatic rings. The van der Waals surface area contributed by atoms with Gasteiger partial charge in [0.1, 0.15) is 5.54 Å². The second-order valence-corrected chi connectivity index (χ2v) is 5.43. The minimum atomic E-state index is -0.832. The van der Waals surface area contributed by atoms with Crippen molar-refractivity contribution in [3.63, 3.8) is 0 Å². The van der Waals surface area contributed by atoms with Gasteiger partial charge in [-0.2, -0.15) is 0 Å². The fraction of sp³-hybridized carbons (Fsp3) is 0.917. The molecule has 5 nitrogen and oxygen atoms in total. The van der Waals surface area contributed by atoms with Crippen LogP contribution < -0.4 is 5.32 Å². The Hall–Kier alpha value is -0.650. The standard InChI is InChI=1S/C12H23N3O2/c1-12(13-2,11(16)17)9-14-5-7-15(8-6-14)10-3-4-10/h10,13H,3-9H2,1-2H3,(H,16,17). The molecule has 1 atom stereocenters. The summed E-state index contributed by atoms with van der Waals surface area (Å²) in [6, 6.07) is 0.826. The van der Waals surface area contributed by atoms with Crippen LogP contribution in [0.1, 0.15) is 19.8 Å². The lowest BCUT2D eigenvalue weighted by Gasteiger charge is -2.38. The Balaban J connectivity index is 1.81. The molecule has 0 amide bonds. The number of carbonyl (C=O) groups is 1. The maximum Gasteiger partial charge on any atom is 0.324 e. The molecular weight excluding hydrogens is 218 g/mol. The molecule has 1 heterocycles. The predicted molar refractivity (Wildman–Crippen MR) is 66.1 cm³/mol. The van der Waals surface area contributed by atoms with Gasteiger partial charge in [-0.05, 0) is 26.8 Å². The molecule has 2 fully saturated rings. The molecule has 1 aliphatic heterocycles. The third-order valence-electron chi connectivity index (χ3n) is 4.03. The van der Waals surface area contributed by atoms with Gasteiger partial charge in [0.2, 0.25) is 0 Å². The number of aliphatic carboxylic acids is 1. The van der Waals surface area contributed by atoms with Crippen molar-refractivity contribution in [3.8, 4) is 0 Å². The summed E-state index contributed by atoms with van der Waals surface area (Å²) in [7, 11) is 1.72. The normalized spacial score (nSPS) is 26.7. The Morgan fingerprint density at radius 2 is 1.94 bits per heavy atom. The van der Waals surface area contributed by atoms with Crippen LogP contribution in [0.2, 0.25) is 0 Å². The van der Waals surface area contributed by atoms with Crippen molar-refractivity contribution in [2.75, 3.05) is 39.8 Å². The van der Waals surface area contributed by atoms with Crippen molar-refractivity contribution in [1.29, 1.82) is 0 Å². The first-order chi connectivity index (χ1) is 8.05. The highest BCUT2D eigenvalue weighted by Crippen LogP contribution is 2.27. The summed E-state index contributed by atoms with van der Waals surface area (Å²) in [6.45, 7) is 6.48. The summed E-state index contributed by atoms with van der Waals surface area (Å²) >= 11 is 0. The largest absolute Gasteiger partial charge is 0.480 e. The number of nitrogens with one attached hydrogen (secondary N) is 1. The van der Waals surface area contributed by atoms with Gasteiger partial charge in [-0.15, -0.1) is 0 Å². The summed E-state index contributed by atoms with van der Waals surface area (Å²) in [4.78, 5) is 16.0. The highest BCUT2D eigenvalue weighted by molar-refractivity contribution is 5.78. The first kappa shape index (κ1) is 12.8. The Kier molecular flexibility index (Phi) is 3.70. The van der Waals surface area contributed by atoms with Gasteiger partial charge in [0.25, 0.3) is 0 Å². The van der Waals surface area contributed by atoms with Crippen molar-refractivity contribution in [1.82, 2.24) is 15.1 Å². The highest BCUT2D eigenvalue weighted by Gasteiger charge is 2.36. The Morgan fingerprint density at radius 1 is 1.35 bits per heavy atom. The lowest BCUT2D eigenvalue weighted by molar-refractivity contribution is -0.145. The summed E-state index contributed by atoms with van der Waals surface area (Å²) in [5.41, 5.74) is -0.832. The lowest BCUT2D eigenvalue weighted by atomic mass is 10.0. The zero-order valence-electron chi connectivity index (χ0n) is 10.8. The zero-order valence-corrected chi connectivity index (χ0v) is 10.8. The average molecular weight is 241 g/mol. The number of likely N-dealkylation sites (N-methyl/N-ethyl adjacent to an activating group) is 1. The molecule has 1 saturated heterocycles. The molecule has 0 aromatic rings. The zero-order chi connectivity index (χ0) is 12.5. The quantitative estimate of drug-likeness (QED) is 0.700. The van der Waals surface area contributed by atoms with E-state index in [2.05, 4.69) is 15.1 Å². The maximum atomic E-state index is 11.2. The minimum Gasteiger partial charge on any atom is -0.480 e. The summed E-state index contributed by atoms with van der Waals surface area (Å²) < 4.78 is 0. The van der Waals surface area contributed by atoms with Gasteiger partial charge in [0, 0.05) is 38.8 Å². The van der Waals surface area contributed by atoms with E-state index in [0.29, 0.717) is 6.54 Å². The van der Waals surface area contributed by atoms with E-state index in [-0.39, 0.29) is 0 Å². The molecule has 0 radical (unpaired) electrons. The van der Waals surface area contributed by atoms with Crippen LogP contribution in [0.3, 0.4) is 0 Å². The van der Waals surface area contributed by atoms with E-state index in [0.717, 1.165) is 32.2 Å². The molecule has 0 aromatic heterocycles. The SMILES string of the molecule is CNC(C)(CN1CCN(C2CC2)CC1)C(=O)O. The summed E-state index contributed by atoms with van der Waals surface area (Å²) in [5.74, 6) is -0.773. The van der Waals surface area contributed by atoms with E-state index in [9.17, 15) is 9.90 Å². The van der Waals surface area contributed by atoms with Crippen molar-refractivity contribution in [2.45, 2.75) is 31.3 Å². The number of piperazine rings is 1. The Labute approximate surface area is 103 Å².